The van der Waals surface area contributed by atoms with Crippen LogP contribution in [0.2, 0.25) is 0 Å². The molecule has 0 aromatic carbocycles. The predicted molar refractivity (Wildman–Crippen MR) is 101 cm³/mol. The molecule has 1 fully saturated rings. The Labute approximate surface area is 145 Å². The highest BCUT2D eigenvalue weighted by Crippen LogP contribution is 2.27. The topological polar surface area (TPSA) is 20.3 Å². The first-order chi connectivity index (χ1) is 11.3. The van der Waals surface area contributed by atoms with Crippen LogP contribution in [0.4, 0.5) is 0 Å². The van der Waals surface area contributed by atoms with E-state index in [1.807, 2.05) is 0 Å². The van der Waals surface area contributed by atoms with E-state index in [1.165, 1.54) is 83.5 Å². The van der Waals surface area contributed by atoms with Gasteiger partial charge in [0.25, 0.3) is 0 Å². The van der Waals surface area contributed by atoms with E-state index in [1.54, 1.807) is 0 Å². The lowest BCUT2D eigenvalue weighted by Crippen LogP contribution is -2.36. The van der Waals surface area contributed by atoms with Crippen LogP contribution in [0.5, 0.6) is 0 Å². The minimum atomic E-state index is 0.353. The normalized spacial score (nSPS) is 15.2. The van der Waals surface area contributed by atoms with Crippen LogP contribution in [-0.2, 0) is 4.79 Å². The second kappa shape index (κ2) is 13.9. The number of rotatable bonds is 14. The third kappa shape index (κ3) is 9.37. The highest BCUT2D eigenvalue weighted by Gasteiger charge is 2.26. The smallest absolute Gasteiger partial charge is 0.225 e. The summed E-state index contributed by atoms with van der Waals surface area (Å²) >= 11 is 0. The average Bonchev–Trinajstić information content (AvgIpc) is 3.09. The first-order valence-electron chi connectivity index (χ1n) is 10.6. The van der Waals surface area contributed by atoms with Gasteiger partial charge in [0.05, 0.1) is 0 Å². The van der Waals surface area contributed by atoms with Gasteiger partial charge in [0, 0.05) is 19.0 Å². The van der Waals surface area contributed by atoms with E-state index in [0.717, 1.165) is 25.9 Å². The molecule has 0 aromatic heterocycles. The fourth-order valence-corrected chi connectivity index (χ4v) is 3.75. The molecule has 2 heteroatoms. The number of hydrogen-bond donors (Lipinski definition) is 0. The lowest BCUT2D eigenvalue weighted by atomic mass is 10.1. The van der Waals surface area contributed by atoms with Gasteiger partial charge in [-0.25, -0.2) is 0 Å². The lowest BCUT2D eigenvalue weighted by molar-refractivity contribution is -0.135. The summed E-state index contributed by atoms with van der Waals surface area (Å²) in [6.07, 6.45) is 19.1. The van der Waals surface area contributed by atoms with Crippen molar-refractivity contribution in [3.8, 4) is 0 Å². The molecular weight excluding hydrogens is 282 g/mol. The minimum Gasteiger partial charge on any atom is -0.342 e. The van der Waals surface area contributed by atoms with Crippen molar-refractivity contribution in [2.24, 2.45) is 5.92 Å². The fraction of sp³-hybridized carbons (Fsp3) is 0.952. The number of unbranched alkanes of at least 4 members (excludes halogenated alkanes) is 9. The zero-order valence-electron chi connectivity index (χ0n) is 16.0. The van der Waals surface area contributed by atoms with Crippen molar-refractivity contribution in [2.75, 3.05) is 13.1 Å². The number of nitrogens with zero attached hydrogens (tertiary/aromatic N) is 1. The zero-order valence-corrected chi connectivity index (χ0v) is 16.0. The Bertz CT molecular complexity index is 284. The van der Waals surface area contributed by atoms with Gasteiger partial charge >= 0.3 is 0 Å². The highest BCUT2D eigenvalue weighted by molar-refractivity contribution is 5.79. The quantitative estimate of drug-likeness (QED) is 0.342. The number of hydrogen-bond acceptors (Lipinski definition) is 1. The maximum atomic E-state index is 12.8. The Morgan fingerprint density at radius 2 is 1.17 bits per heavy atom. The van der Waals surface area contributed by atoms with Gasteiger partial charge in [-0.15, -0.1) is 0 Å². The van der Waals surface area contributed by atoms with Crippen LogP contribution in [0.25, 0.3) is 0 Å². The molecule has 0 unspecified atom stereocenters. The van der Waals surface area contributed by atoms with E-state index in [-0.39, 0.29) is 0 Å². The second-order valence-corrected chi connectivity index (χ2v) is 7.49. The molecule has 2 nitrogen and oxygen atoms in total. The van der Waals surface area contributed by atoms with Crippen LogP contribution >= 0.6 is 0 Å². The van der Waals surface area contributed by atoms with Crippen LogP contribution in [0.3, 0.4) is 0 Å². The van der Waals surface area contributed by atoms with Gasteiger partial charge in [-0.1, -0.05) is 84.5 Å². The largest absolute Gasteiger partial charge is 0.342 e. The molecule has 0 aromatic rings. The van der Waals surface area contributed by atoms with Crippen LogP contribution in [0.1, 0.15) is 110 Å². The van der Waals surface area contributed by atoms with Gasteiger partial charge < -0.3 is 4.90 Å². The Hall–Kier alpha value is -0.530. The molecule has 0 bridgehead atoms. The number of amides is 1. The van der Waals surface area contributed by atoms with Crippen molar-refractivity contribution in [3.63, 3.8) is 0 Å². The van der Waals surface area contributed by atoms with Crippen molar-refractivity contribution >= 4 is 5.91 Å². The maximum absolute atomic E-state index is 12.8. The molecule has 0 aliphatic heterocycles. The summed E-state index contributed by atoms with van der Waals surface area (Å²) in [5.74, 6) is 0.831. The molecular formula is C21H41NO. The van der Waals surface area contributed by atoms with E-state index in [0.29, 0.717) is 11.8 Å². The Morgan fingerprint density at radius 3 is 1.65 bits per heavy atom. The molecule has 0 heterocycles. The SMILES string of the molecule is CCCCCCCCN(CCCCCCC)C(=O)C1CCCC1. The minimum absolute atomic E-state index is 0.353. The number of carbonyl (C=O) groups is 1. The van der Waals surface area contributed by atoms with Crippen LogP contribution in [0, 0.1) is 5.92 Å². The third-order valence-corrected chi connectivity index (χ3v) is 5.33. The molecule has 0 N–H and O–H groups in total. The van der Waals surface area contributed by atoms with Gasteiger partial charge in [0.2, 0.25) is 5.91 Å². The van der Waals surface area contributed by atoms with Crippen molar-refractivity contribution in [2.45, 2.75) is 110 Å². The third-order valence-electron chi connectivity index (χ3n) is 5.33. The number of carbonyl (C=O) groups excluding carboxylic acids is 1. The van der Waals surface area contributed by atoms with Gasteiger partial charge in [0.1, 0.15) is 0 Å². The summed E-state index contributed by atoms with van der Waals surface area (Å²) < 4.78 is 0. The Kier molecular flexibility index (Phi) is 12.4. The monoisotopic (exact) mass is 323 g/mol. The van der Waals surface area contributed by atoms with Gasteiger partial charge in [-0.3, -0.25) is 4.79 Å². The van der Waals surface area contributed by atoms with Crippen LogP contribution in [0.15, 0.2) is 0 Å². The van der Waals surface area contributed by atoms with Gasteiger partial charge in [0.15, 0.2) is 0 Å². The van der Waals surface area contributed by atoms with Gasteiger partial charge in [-0.2, -0.15) is 0 Å². The summed E-state index contributed by atoms with van der Waals surface area (Å²) in [7, 11) is 0. The van der Waals surface area contributed by atoms with Crippen molar-refractivity contribution in [1.29, 1.82) is 0 Å². The molecule has 0 saturated heterocycles. The summed E-state index contributed by atoms with van der Waals surface area (Å²) in [6.45, 7) is 6.54. The summed E-state index contributed by atoms with van der Waals surface area (Å²) in [4.78, 5) is 15.0. The summed E-state index contributed by atoms with van der Waals surface area (Å²) in [5, 5.41) is 0. The first kappa shape index (κ1) is 20.5. The summed E-state index contributed by atoms with van der Waals surface area (Å²) in [6, 6.07) is 0. The molecule has 1 saturated carbocycles. The zero-order chi connectivity index (χ0) is 16.8. The predicted octanol–water partition coefficient (Wildman–Crippen LogP) is 6.34. The molecule has 23 heavy (non-hydrogen) atoms. The molecule has 0 spiro atoms. The molecule has 0 atom stereocenters. The van der Waals surface area contributed by atoms with E-state index in [2.05, 4.69) is 18.7 Å². The molecule has 1 aliphatic rings. The van der Waals surface area contributed by atoms with Crippen molar-refractivity contribution in [1.82, 2.24) is 4.90 Å². The average molecular weight is 324 g/mol. The van der Waals surface area contributed by atoms with E-state index in [4.69, 9.17) is 0 Å². The van der Waals surface area contributed by atoms with Gasteiger partial charge in [-0.05, 0) is 25.7 Å². The summed E-state index contributed by atoms with van der Waals surface area (Å²) in [5.41, 5.74) is 0. The highest BCUT2D eigenvalue weighted by atomic mass is 16.2. The molecule has 1 amide bonds. The lowest BCUT2D eigenvalue weighted by Gasteiger charge is -2.26. The standard InChI is InChI=1S/C21H41NO/c1-3-5-7-9-11-15-19-22(18-14-10-8-6-4-2)21(23)20-16-12-13-17-20/h20H,3-19H2,1-2H3. The second-order valence-electron chi connectivity index (χ2n) is 7.49. The molecule has 1 rings (SSSR count). The Balaban J connectivity index is 2.27. The molecule has 0 radical (unpaired) electrons. The maximum Gasteiger partial charge on any atom is 0.225 e. The van der Waals surface area contributed by atoms with E-state index >= 15 is 0 Å². The Morgan fingerprint density at radius 1 is 0.739 bits per heavy atom. The van der Waals surface area contributed by atoms with E-state index < -0.39 is 0 Å². The van der Waals surface area contributed by atoms with Crippen molar-refractivity contribution < 1.29 is 4.79 Å². The van der Waals surface area contributed by atoms with Crippen LogP contribution < -0.4 is 0 Å². The van der Waals surface area contributed by atoms with E-state index in [9.17, 15) is 4.79 Å². The molecule has 136 valence electrons. The van der Waals surface area contributed by atoms with Crippen molar-refractivity contribution in [3.05, 3.63) is 0 Å². The fourth-order valence-electron chi connectivity index (χ4n) is 3.75. The first-order valence-corrected chi connectivity index (χ1v) is 10.6. The van der Waals surface area contributed by atoms with Crippen LogP contribution in [-0.4, -0.2) is 23.9 Å². The molecule has 1 aliphatic carbocycles.